The molecule has 0 heterocycles. The minimum absolute atomic E-state index is 0.0353. The van der Waals surface area contributed by atoms with Gasteiger partial charge >= 0.3 is 0 Å². The average Bonchev–Trinajstić information content (AvgIpc) is 3.83. The maximum absolute atomic E-state index is 2.48. The van der Waals surface area contributed by atoms with Crippen LogP contribution in [0.15, 0.2) is 115 Å². The summed E-state index contributed by atoms with van der Waals surface area (Å²) < 4.78 is 0. The first-order valence-corrected chi connectivity index (χ1v) is 18.4. The van der Waals surface area contributed by atoms with Crippen LogP contribution in [0.1, 0.15) is 106 Å². The molecular formula is C46H47N. The zero-order valence-corrected chi connectivity index (χ0v) is 28.1. The Hall–Kier alpha value is -4.10. The Labute approximate surface area is 281 Å². The summed E-state index contributed by atoms with van der Waals surface area (Å²) in [6.07, 6.45) is 12.5. The predicted octanol–water partition coefficient (Wildman–Crippen LogP) is 13.1. The molecule has 3 unspecified atom stereocenters. The molecule has 5 aromatic carbocycles. The minimum Gasteiger partial charge on any atom is -0.310 e. The molecule has 0 N–H and O–H groups in total. The summed E-state index contributed by atoms with van der Waals surface area (Å²) >= 11 is 0. The predicted molar refractivity (Wildman–Crippen MR) is 198 cm³/mol. The Morgan fingerprint density at radius 1 is 0.532 bits per heavy atom. The van der Waals surface area contributed by atoms with Crippen molar-refractivity contribution in [2.24, 2.45) is 11.8 Å². The van der Waals surface area contributed by atoms with E-state index >= 15 is 0 Å². The highest BCUT2D eigenvalue weighted by atomic mass is 15.1. The second kappa shape index (κ2) is 11.6. The standard InChI is InChI=1S/C46H47N/c1-46(2)44-14-7-6-13-41(44)42-26-25-40(30-45(42)46)47(39-23-19-34(20-24-39)43-28-31-15-16-37(43)27-31)38-21-17-33(18-22-38)36-12-8-11-35(29-36)32-9-4-3-5-10-32/h6-8,11-14,17-26,29-32,37,43H,3-5,9-10,15-16,27-28H2,1-2H3. The third kappa shape index (κ3) is 5.05. The third-order valence-electron chi connectivity index (χ3n) is 12.6. The zero-order chi connectivity index (χ0) is 31.5. The fourth-order valence-corrected chi connectivity index (χ4v) is 10.0. The summed E-state index contributed by atoms with van der Waals surface area (Å²) in [5, 5.41) is 0. The van der Waals surface area contributed by atoms with E-state index < -0.39 is 0 Å². The van der Waals surface area contributed by atoms with Gasteiger partial charge in [-0.3, -0.25) is 0 Å². The van der Waals surface area contributed by atoms with Gasteiger partial charge < -0.3 is 4.90 Å². The summed E-state index contributed by atoms with van der Waals surface area (Å²) in [4.78, 5) is 2.48. The summed E-state index contributed by atoms with van der Waals surface area (Å²) in [5.41, 5.74) is 14.9. The van der Waals surface area contributed by atoms with Crippen LogP contribution in [0.3, 0.4) is 0 Å². The minimum atomic E-state index is -0.0353. The lowest BCUT2D eigenvalue weighted by Gasteiger charge is -2.29. The molecule has 3 atom stereocenters. The topological polar surface area (TPSA) is 3.24 Å². The molecule has 0 saturated heterocycles. The Morgan fingerprint density at radius 3 is 2.00 bits per heavy atom. The number of nitrogens with zero attached hydrogens (tertiary/aromatic N) is 1. The number of hydrogen-bond donors (Lipinski definition) is 0. The van der Waals surface area contributed by atoms with E-state index in [1.165, 1.54) is 114 Å². The van der Waals surface area contributed by atoms with Crippen molar-refractivity contribution in [3.63, 3.8) is 0 Å². The number of anilines is 3. The largest absolute Gasteiger partial charge is 0.310 e. The molecule has 0 radical (unpaired) electrons. The van der Waals surface area contributed by atoms with Gasteiger partial charge in [0.1, 0.15) is 0 Å². The van der Waals surface area contributed by atoms with Gasteiger partial charge in [0.15, 0.2) is 0 Å². The maximum atomic E-state index is 2.48. The van der Waals surface area contributed by atoms with E-state index in [-0.39, 0.29) is 5.41 Å². The lowest BCUT2D eigenvalue weighted by Crippen LogP contribution is -2.16. The molecule has 3 saturated carbocycles. The fourth-order valence-electron chi connectivity index (χ4n) is 10.0. The molecule has 9 rings (SSSR count). The van der Waals surface area contributed by atoms with Crippen LogP contribution in [-0.2, 0) is 5.41 Å². The van der Waals surface area contributed by atoms with Crippen molar-refractivity contribution in [2.75, 3.05) is 4.90 Å². The van der Waals surface area contributed by atoms with Gasteiger partial charge in [0, 0.05) is 22.5 Å². The highest BCUT2D eigenvalue weighted by Crippen LogP contribution is 2.54. The lowest BCUT2D eigenvalue weighted by atomic mass is 9.82. The van der Waals surface area contributed by atoms with Crippen molar-refractivity contribution < 1.29 is 0 Å². The Bertz CT molecular complexity index is 1910. The van der Waals surface area contributed by atoms with Crippen LogP contribution in [0.4, 0.5) is 17.1 Å². The first kappa shape index (κ1) is 29.1. The van der Waals surface area contributed by atoms with Gasteiger partial charge in [-0.15, -0.1) is 0 Å². The summed E-state index contributed by atoms with van der Waals surface area (Å²) in [7, 11) is 0. The molecule has 3 fully saturated rings. The SMILES string of the molecule is CC1(C)c2ccccc2-c2ccc(N(c3ccc(-c4cccc(C5CCCCC5)c4)cc3)c3ccc(C4CC5CCC4C5)cc3)cc21. The van der Waals surface area contributed by atoms with E-state index in [0.717, 1.165) is 23.7 Å². The first-order chi connectivity index (χ1) is 23.0. The molecular weight excluding hydrogens is 567 g/mol. The Kier molecular flexibility index (Phi) is 7.14. The summed E-state index contributed by atoms with van der Waals surface area (Å²) in [6, 6.07) is 44.4. The second-order valence-electron chi connectivity index (χ2n) is 15.6. The molecule has 0 aromatic heterocycles. The molecule has 4 aliphatic rings. The zero-order valence-electron chi connectivity index (χ0n) is 28.1. The van der Waals surface area contributed by atoms with Crippen LogP contribution in [0.2, 0.25) is 0 Å². The number of benzene rings is 5. The van der Waals surface area contributed by atoms with Crippen LogP contribution >= 0.6 is 0 Å². The van der Waals surface area contributed by atoms with Gasteiger partial charge in [0.05, 0.1) is 0 Å². The Morgan fingerprint density at radius 2 is 1.26 bits per heavy atom. The third-order valence-corrected chi connectivity index (χ3v) is 12.6. The van der Waals surface area contributed by atoms with Crippen molar-refractivity contribution in [3.8, 4) is 22.3 Å². The van der Waals surface area contributed by atoms with Crippen molar-refractivity contribution >= 4 is 17.1 Å². The van der Waals surface area contributed by atoms with Gasteiger partial charge in [-0.05, 0) is 137 Å². The van der Waals surface area contributed by atoms with Gasteiger partial charge in [-0.2, -0.15) is 0 Å². The van der Waals surface area contributed by atoms with E-state index in [0.29, 0.717) is 0 Å². The van der Waals surface area contributed by atoms with Gasteiger partial charge in [-0.25, -0.2) is 0 Å². The maximum Gasteiger partial charge on any atom is 0.0465 e. The second-order valence-corrected chi connectivity index (χ2v) is 15.6. The molecule has 4 aliphatic carbocycles. The Balaban J connectivity index is 1.09. The van der Waals surface area contributed by atoms with E-state index in [1.807, 2.05) is 0 Å². The summed E-state index contributed by atoms with van der Waals surface area (Å²) in [5.74, 6) is 3.32. The molecule has 0 aliphatic heterocycles. The van der Waals surface area contributed by atoms with Crippen molar-refractivity contribution in [1.29, 1.82) is 0 Å². The van der Waals surface area contributed by atoms with Crippen LogP contribution in [0.5, 0.6) is 0 Å². The van der Waals surface area contributed by atoms with E-state index in [1.54, 1.807) is 5.56 Å². The fraction of sp³-hybridized carbons (Fsp3) is 0.348. The van der Waals surface area contributed by atoms with Crippen molar-refractivity contribution in [2.45, 2.75) is 88.9 Å². The first-order valence-electron chi connectivity index (χ1n) is 18.4. The van der Waals surface area contributed by atoms with Crippen LogP contribution in [0.25, 0.3) is 22.3 Å². The van der Waals surface area contributed by atoms with Crippen molar-refractivity contribution in [1.82, 2.24) is 0 Å². The lowest BCUT2D eigenvalue weighted by molar-refractivity contribution is 0.420. The quantitative estimate of drug-likeness (QED) is 0.184. The number of rotatable bonds is 6. The molecule has 236 valence electrons. The molecule has 5 aromatic rings. The highest BCUT2D eigenvalue weighted by molar-refractivity contribution is 5.86. The smallest absolute Gasteiger partial charge is 0.0465 e. The monoisotopic (exact) mass is 613 g/mol. The van der Waals surface area contributed by atoms with Gasteiger partial charge in [-0.1, -0.05) is 118 Å². The molecule has 47 heavy (non-hydrogen) atoms. The van der Waals surface area contributed by atoms with E-state index in [9.17, 15) is 0 Å². The molecule has 1 nitrogen and oxygen atoms in total. The van der Waals surface area contributed by atoms with Gasteiger partial charge in [0.25, 0.3) is 0 Å². The highest BCUT2D eigenvalue weighted by Gasteiger charge is 2.40. The summed E-state index contributed by atoms with van der Waals surface area (Å²) in [6.45, 7) is 4.76. The average molecular weight is 614 g/mol. The van der Waals surface area contributed by atoms with Crippen LogP contribution in [-0.4, -0.2) is 0 Å². The van der Waals surface area contributed by atoms with Gasteiger partial charge in [0.2, 0.25) is 0 Å². The number of fused-ring (bicyclic) bond motifs is 5. The van der Waals surface area contributed by atoms with E-state index in [2.05, 4.69) is 134 Å². The van der Waals surface area contributed by atoms with Crippen LogP contribution in [0, 0.1) is 11.8 Å². The molecule has 0 amide bonds. The molecule has 1 heteroatoms. The van der Waals surface area contributed by atoms with E-state index in [4.69, 9.17) is 0 Å². The number of hydrogen-bond acceptors (Lipinski definition) is 1. The van der Waals surface area contributed by atoms with Crippen molar-refractivity contribution in [3.05, 3.63) is 138 Å². The van der Waals surface area contributed by atoms with Crippen LogP contribution < -0.4 is 4.90 Å². The normalized spacial score (nSPS) is 22.6. The molecule has 2 bridgehead atoms. The molecule has 0 spiro atoms.